The molecule has 1 aromatic carbocycles. The summed E-state index contributed by atoms with van der Waals surface area (Å²) in [4.78, 5) is 16.5. The number of hydrogen-bond donors (Lipinski definition) is 0. The van der Waals surface area contributed by atoms with Crippen molar-refractivity contribution in [1.29, 1.82) is 0 Å². The van der Waals surface area contributed by atoms with Gasteiger partial charge in [0, 0.05) is 43.9 Å². The minimum atomic E-state index is 0.194. The monoisotopic (exact) mass is 308 g/mol. The third kappa shape index (κ3) is 4.58. The van der Waals surface area contributed by atoms with Gasteiger partial charge in [-0.1, -0.05) is 54.3 Å². The van der Waals surface area contributed by atoms with Crippen LogP contribution in [0.15, 0.2) is 30.3 Å². The fourth-order valence-electron chi connectivity index (χ4n) is 2.08. The third-order valence-corrected chi connectivity index (χ3v) is 4.94. The molecule has 1 aliphatic rings. The fraction of sp³-hybridized carbons (Fsp3) is 0.467. The zero-order chi connectivity index (χ0) is 14.4. The van der Waals surface area contributed by atoms with E-state index in [1.165, 1.54) is 0 Å². The van der Waals surface area contributed by atoms with Crippen molar-refractivity contribution in [3.8, 4) is 0 Å². The Labute approximate surface area is 130 Å². The second-order valence-electron chi connectivity index (χ2n) is 4.94. The second kappa shape index (κ2) is 7.76. The van der Waals surface area contributed by atoms with Gasteiger partial charge in [-0.05, 0) is 7.05 Å². The van der Waals surface area contributed by atoms with E-state index < -0.39 is 0 Å². The van der Waals surface area contributed by atoms with Gasteiger partial charge in [0.05, 0.1) is 0 Å². The summed E-state index contributed by atoms with van der Waals surface area (Å²) < 4.78 is 0.930. The molecule has 0 amide bonds. The second-order valence-corrected chi connectivity index (χ2v) is 6.67. The lowest BCUT2D eigenvalue weighted by atomic mass is 10.1. The molecule has 108 valence electrons. The van der Waals surface area contributed by atoms with Crippen molar-refractivity contribution in [1.82, 2.24) is 9.80 Å². The Bertz CT molecular complexity index is 456. The van der Waals surface area contributed by atoms with Gasteiger partial charge in [0.25, 0.3) is 0 Å². The molecule has 1 heterocycles. The van der Waals surface area contributed by atoms with Crippen LogP contribution in [-0.4, -0.2) is 58.9 Å². The van der Waals surface area contributed by atoms with Crippen molar-refractivity contribution < 1.29 is 4.79 Å². The predicted octanol–water partition coefficient (Wildman–Crippen LogP) is 2.52. The fourth-order valence-corrected chi connectivity index (χ4v) is 3.34. The number of carbonyl (C=O) groups excluding carboxylic acids is 1. The maximum Gasteiger partial charge on any atom is 0.163 e. The summed E-state index contributed by atoms with van der Waals surface area (Å²) in [5.41, 5.74) is 0.790. The van der Waals surface area contributed by atoms with E-state index in [9.17, 15) is 4.79 Å². The summed E-state index contributed by atoms with van der Waals surface area (Å²) in [6, 6.07) is 9.45. The van der Waals surface area contributed by atoms with Crippen LogP contribution in [0, 0.1) is 0 Å². The van der Waals surface area contributed by atoms with E-state index in [-0.39, 0.29) is 5.78 Å². The Morgan fingerprint density at radius 3 is 2.50 bits per heavy atom. The van der Waals surface area contributed by atoms with Crippen LogP contribution in [0.5, 0.6) is 0 Å². The number of nitrogens with zero attached hydrogens (tertiary/aromatic N) is 2. The van der Waals surface area contributed by atoms with Gasteiger partial charge in [0.15, 0.2) is 5.78 Å². The molecule has 20 heavy (non-hydrogen) atoms. The smallest absolute Gasteiger partial charge is 0.163 e. The maximum absolute atomic E-state index is 12.0. The van der Waals surface area contributed by atoms with Crippen LogP contribution >= 0.6 is 24.0 Å². The van der Waals surface area contributed by atoms with Gasteiger partial charge < -0.3 is 9.80 Å². The highest BCUT2D eigenvalue weighted by atomic mass is 32.2. The molecular formula is C15H20N2OS2. The van der Waals surface area contributed by atoms with Crippen molar-refractivity contribution >= 4 is 34.1 Å². The van der Waals surface area contributed by atoms with Crippen LogP contribution < -0.4 is 0 Å². The largest absolute Gasteiger partial charge is 0.355 e. The molecule has 0 unspecified atom stereocenters. The highest BCUT2D eigenvalue weighted by Gasteiger charge is 2.16. The topological polar surface area (TPSA) is 23.6 Å². The van der Waals surface area contributed by atoms with Crippen molar-refractivity contribution in [2.24, 2.45) is 0 Å². The van der Waals surface area contributed by atoms with Crippen LogP contribution in [0.4, 0.5) is 0 Å². The average Bonchev–Trinajstić information content (AvgIpc) is 2.48. The Morgan fingerprint density at radius 1 is 1.20 bits per heavy atom. The number of carbonyl (C=O) groups is 1. The minimum absolute atomic E-state index is 0.194. The number of Topliss-reactive ketones (excluding diaryl/α,β-unsaturated/α-hetero) is 1. The van der Waals surface area contributed by atoms with Crippen LogP contribution in [-0.2, 0) is 0 Å². The van der Waals surface area contributed by atoms with Crippen LogP contribution in [0.2, 0.25) is 0 Å². The third-order valence-electron chi connectivity index (χ3n) is 3.41. The first kappa shape index (κ1) is 15.5. The van der Waals surface area contributed by atoms with E-state index in [1.807, 2.05) is 30.3 Å². The van der Waals surface area contributed by atoms with E-state index in [2.05, 4.69) is 16.8 Å². The minimum Gasteiger partial charge on any atom is -0.355 e. The van der Waals surface area contributed by atoms with Gasteiger partial charge in [0.1, 0.15) is 4.32 Å². The number of thioether (sulfide) groups is 1. The first-order chi connectivity index (χ1) is 9.66. The molecule has 1 fully saturated rings. The molecule has 0 atom stereocenters. The normalized spacial score (nSPS) is 16.1. The summed E-state index contributed by atoms with van der Waals surface area (Å²) in [6.45, 7) is 4.11. The summed E-state index contributed by atoms with van der Waals surface area (Å²) >= 11 is 7.07. The molecule has 0 saturated carbocycles. The molecule has 0 radical (unpaired) electrons. The number of rotatable bonds is 4. The number of hydrogen-bond acceptors (Lipinski definition) is 4. The molecule has 1 saturated heterocycles. The zero-order valence-corrected chi connectivity index (χ0v) is 13.4. The summed E-state index contributed by atoms with van der Waals surface area (Å²) in [5.74, 6) is 0.957. The van der Waals surface area contributed by atoms with E-state index in [0.29, 0.717) is 6.42 Å². The Balaban J connectivity index is 1.70. The Hall–Kier alpha value is -0.910. The molecule has 0 bridgehead atoms. The Morgan fingerprint density at radius 2 is 1.85 bits per heavy atom. The highest BCUT2D eigenvalue weighted by molar-refractivity contribution is 8.22. The number of ketones is 1. The average molecular weight is 308 g/mol. The molecular weight excluding hydrogens is 288 g/mol. The van der Waals surface area contributed by atoms with E-state index >= 15 is 0 Å². The number of piperazine rings is 1. The van der Waals surface area contributed by atoms with E-state index in [1.54, 1.807) is 11.8 Å². The molecule has 1 aliphatic heterocycles. The van der Waals surface area contributed by atoms with Gasteiger partial charge in [0.2, 0.25) is 0 Å². The summed E-state index contributed by atoms with van der Waals surface area (Å²) in [7, 11) is 2.13. The van der Waals surface area contributed by atoms with Gasteiger partial charge >= 0.3 is 0 Å². The van der Waals surface area contributed by atoms with Crippen molar-refractivity contribution in [3.63, 3.8) is 0 Å². The van der Waals surface area contributed by atoms with E-state index in [4.69, 9.17) is 12.2 Å². The lowest BCUT2D eigenvalue weighted by Gasteiger charge is -2.33. The van der Waals surface area contributed by atoms with Crippen molar-refractivity contribution in [2.75, 3.05) is 39.0 Å². The number of thiocarbonyl (C=S) groups is 1. The molecule has 2 rings (SSSR count). The van der Waals surface area contributed by atoms with Gasteiger partial charge in [-0.3, -0.25) is 4.79 Å². The lowest BCUT2D eigenvalue weighted by molar-refractivity contribution is 0.0989. The molecule has 1 aromatic rings. The van der Waals surface area contributed by atoms with Gasteiger partial charge in [-0.15, -0.1) is 0 Å². The first-order valence-corrected chi connectivity index (χ1v) is 8.24. The SMILES string of the molecule is CN1CCN(C(=S)SCCC(=O)c2ccccc2)CC1. The van der Waals surface area contributed by atoms with Crippen LogP contribution in [0.1, 0.15) is 16.8 Å². The van der Waals surface area contributed by atoms with Gasteiger partial charge in [-0.25, -0.2) is 0 Å². The molecule has 0 spiro atoms. The zero-order valence-electron chi connectivity index (χ0n) is 11.7. The van der Waals surface area contributed by atoms with Crippen molar-refractivity contribution in [3.05, 3.63) is 35.9 Å². The predicted molar refractivity (Wildman–Crippen MR) is 89.5 cm³/mol. The molecule has 0 aromatic heterocycles. The molecule has 3 nitrogen and oxygen atoms in total. The quantitative estimate of drug-likeness (QED) is 0.628. The molecule has 5 heteroatoms. The van der Waals surface area contributed by atoms with Crippen molar-refractivity contribution in [2.45, 2.75) is 6.42 Å². The highest BCUT2D eigenvalue weighted by Crippen LogP contribution is 2.14. The number of benzene rings is 1. The van der Waals surface area contributed by atoms with Crippen LogP contribution in [0.3, 0.4) is 0 Å². The molecule has 0 aliphatic carbocycles. The maximum atomic E-state index is 12.0. The van der Waals surface area contributed by atoms with Crippen LogP contribution in [0.25, 0.3) is 0 Å². The summed E-state index contributed by atoms with van der Waals surface area (Å²) in [5, 5.41) is 0. The summed E-state index contributed by atoms with van der Waals surface area (Å²) in [6.07, 6.45) is 0.544. The lowest BCUT2D eigenvalue weighted by Crippen LogP contribution is -2.45. The Kier molecular flexibility index (Phi) is 6.01. The molecule has 0 N–H and O–H groups in total. The standard InChI is InChI=1S/C15H20N2OS2/c1-16-8-10-17(11-9-16)15(19)20-12-7-14(18)13-5-3-2-4-6-13/h2-6H,7-12H2,1H3. The van der Waals surface area contributed by atoms with E-state index in [0.717, 1.165) is 41.8 Å². The van der Waals surface area contributed by atoms with Gasteiger partial charge in [-0.2, -0.15) is 0 Å². The first-order valence-electron chi connectivity index (χ1n) is 6.85. The number of likely N-dealkylation sites (N-methyl/N-ethyl adjacent to an activating group) is 1.